The van der Waals surface area contributed by atoms with Crippen molar-refractivity contribution in [3.63, 3.8) is 0 Å². The van der Waals surface area contributed by atoms with Gasteiger partial charge in [0.1, 0.15) is 9.84 Å². The van der Waals surface area contributed by atoms with Gasteiger partial charge in [0.25, 0.3) is 0 Å². The molecule has 0 aromatic carbocycles. The second kappa shape index (κ2) is 4.20. The highest BCUT2D eigenvalue weighted by Crippen LogP contribution is 2.27. The lowest BCUT2D eigenvalue weighted by molar-refractivity contribution is 0.607. The topological polar surface area (TPSA) is 34.1 Å². The van der Waals surface area contributed by atoms with Crippen molar-refractivity contribution in [3.05, 3.63) is 0 Å². The minimum Gasteiger partial charge on any atom is -0.229 e. The summed E-state index contributed by atoms with van der Waals surface area (Å²) in [6, 6.07) is 0. The molecule has 0 aliphatic carbocycles. The van der Waals surface area contributed by atoms with Gasteiger partial charge in [-0.1, -0.05) is 0 Å². The van der Waals surface area contributed by atoms with Crippen LogP contribution in [0, 0.1) is 0 Å². The van der Waals surface area contributed by atoms with Crippen LogP contribution >= 0.6 is 6.89 Å². The number of hydrogen-bond acceptors (Lipinski definition) is 2. The molecule has 0 aliphatic rings. The van der Waals surface area contributed by atoms with Crippen LogP contribution in [0.2, 0.25) is 0 Å². The summed E-state index contributed by atoms with van der Waals surface area (Å²) in [5.41, 5.74) is 0. The van der Waals surface area contributed by atoms with Crippen molar-refractivity contribution in [1.82, 2.24) is 0 Å². The molecule has 10 heavy (non-hydrogen) atoms. The fourth-order valence-corrected chi connectivity index (χ4v) is 0. The zero-order chi connectivity index (χ0) is 9.00. The van der Waals surface area contributed by atoms with Gasteiger partial charge < -0.3 is 0 Å². The molecule has 64 valence electrons. The van der Waals surface area contributed by atoms with Crippen molar-refractivity contribution >= 4 is 23.0 Å². The van der Waals surface area contributed by atoms with Gasteiger partial charge in [-0.2, -0.15) is 0 Å². The van der Waals surface area contributed by atoms with Gasteiger partial charge in [0.2, 0.25) is 0 Å². The van der Waals surface area contributed by atoms with Crippen LogP contribution in [-0.4, -0.2) is 47.2 Å². The standard InChI is InChI=1S/C4H11P.C2H6O2S/c2*1-5(2,3)4/h1H2,2-4H3;1-2H3. The first kappa shape index (κ1) is 12.9. The summed E-state index contributed by atoms with van der Waals surface area (Å²) in [6.07, 6.45) is 6.20. The highest BCUT2D eigenvalue weighted by atomic mass is 32.2. The Hall–Kier alpha value is 0.250. The third kappa shape index (κ3) is 6940. The van der Waals surface area contributed by atoms with Gasteiger partial charge in [0.05, 0.1) is 0 Å². The van der Waals surface area contributed by atoms with Crippen LogP contribution in [0.4, 0.5) is 0 Å². The molecule has 0 aromatic rings. The van der Waals surface area contributed by atoms with Crippen LogP contribution < -0.4 is 0 Å². The molecule has 0 rings (SSSR count). The van der Waals surface area contributed by atoms with Gasteiger partial charge >= 0.3 is 0 Å². The molecule has 0 fully saturated rings. The highest BCUT2D eigenvalue weighted by Gasteiger charge is 1.79. The summed E-state index contributed by atoms with van der Waals surface area (Å²) in [4.78, 5) is 0. The normalized spacial score (nSPS) is 11.7. The van der Waals surface area contributed by atoms with Gasteiger partial charge in [-0.3, -0.25) is 0 Å². The molecule has 0 atom stereocenters. The molecule has 0 amide bonds. The van der Waals surface area contributed by atoms with Gasteiger partial charge in [0, 0.05) is 12.5 Å². The van der Waals surface area contributed by atoms with E-state index in [4.69, 9.17) is 0 Å². The van der Waals surface area contributed by atoms with Gasteiger partial charge in [0.15, 0.2) is 0 Å². The predicted octanol–water partition coefficient (Wildman–Crippen LogP) is 0.986. The van der Waals surface area contributed by atoms with E-state index in [0.29, 0.717) is 0 Å². The Kier molecular flexibility index (Phi) is 5.41. The lowest BCUT2D eigenvalue weighted by Crippen LogP contribution is -1.86. The largest absolute Gasteiger partial charge is 0.229 e. The first-order chi connectivity index (χ1) is 4.00. The fraction of sp³-hybridized carbons (Fsp3) is 0.833. The first-order valence-corrected chi connectivity index (χ1v) is 8.42. The molecule has 0 bridgehead atoms. The molecule has 4 heteroatoms. The van der Waals surface area contributed by atoms with Crippen LogP contribution in [0.15, 0.2) is 0 Å². The van der Waals surface area contributed by atoms with E-state index in [1.807, 2.05) is 0 Å². The van der Waals surface area contributed by atoms with Crippen molar-refractivity contribution in [2.24, 2.45) is 0 Å². The van der Waals surface area contributed by atoms with Crippen LogP contribution in [0.25, 0.3) is 0 Å². The fourth-order valence-electron chi connectivity index (χ4n) is 0. The summed E-state index contributed by atoms with van der Waals surface area (Å²) in [6.45, 7) is 5.92. The zero-order valence-electron chi connectivity index (χ0n) is 7.38. The van der Waals surface area contributed by atoms with E-state index in [9.17, 15) is 8.42 Å². The molecule has 0 unspecified atom stereocenters. The molecular formula is C6H17O2PS. The first-order valence-electron chi connectivity index (χ1n) is 2.81. The van der Waals surface area contributed by atoms with Gasteiger partial charge in [-0.25, -0.2) is 8.42 Å². The molecule has 0 N–H and O–H groups in total. The molecule has 0 saturated heterocycles. The van der Waals surface area contributed by atoms with Gasteiger partial charge in [-0.15, -0.1) is 13.2 Å². The van der Waals surface area contributed by atoms with E-state index < -0.39 is 16.7 Å². The second-order valence-electron chi connectivity index (χ2n) is 3.43. The van der Waals surface area contributed by atoms with Crippen molar-refractivity contribution in [1.29, 1.82) is 0 Å². The van der Waals surface area contributed by atoms with Gasteiger partial charge in [-0.05, 0) is 20.0 Å². The maximum absolute atomic E-state index is 9.63. The number of sulfone groups is 1. The quantitative estimate of drug-likeness (QED) is 0.526. The van der Waals surface area contributed by atoms with Crippen LogP contribution in [0.3, 0.4) is 0 Å². The molecule has 0 spiro atoms. The highest BCUT2D eigenvalue weighted by molar-refractivity contribution is 7.89. The van der Waals surface area contributed by atoms with E-state index >= 15 is 0 Å². The molecule has 2 nitrogen and oxygen atoms in total. The van der Waals surface area contributed by atoms with Crippen molar-refractivity contribution < 1.29 is 8.42 Å². The minimum atomic E-state index is -2.67. The van der Waals surface area contributed by atoms with Crippen molar-refractivity contribution in [3.8, 4) is 0 Å². The molecule has 0 radical (unpaired) electrons. The Morgan fingerprint density at radius 1 is 1.10 bits per heavy atom. The Bertz CT molecular complexity index is 194. The number of hydrogen-bond donors (Lipinski definition) is 0. The lowest BCUT2D eigenvalue weighted by Gasteiger charge is -1.96. The summed E-state index contributed by atoms with van der Waals surface area (Å²) >= 11 is 0. The zero-order valence-corrected chi connectivity index (χ0v) is 9.09. The maximum atomic E-state index is 9.63. The number of rotatable bonds is 0. The molecule has 0 heterocycles. The van der Waals surface area contributed by atoms with E-state index in [0.717, 1.165) is 12.5 Å². The third-order valence-electron chi connectivity index (χ3n) is 0. The Morgan fingerprint density at radius 2 is 1.10 bits per heavy atom. The summed E-state index contributed by atoms with van der Waals surface area (Å²) < 4.78 is 19.3. The SMILES string of the molecule is C=P(C)(C)C.CS(C)(=O)=O. The predicted molar refractivity (Wildman–Crippen MR) is 52.6 cm³/mol. The van der Waals surface area contributed by atoms with Crippen LogP contribution in [0.1, 0.15) is 0 Å². The summed E-state index contributed by atoms with van der Waals surface area (Å²) in [5, 5.41) is 0. The van der Waals surface area contributed by atoms with Crippen molar-refractivity contribution in [2.75, 3.05) is 32.5 Å². The summed E-state index contributed by atoms with van der Waals surface area (Å²) in [5.74, 6) is 0. The average Bonchev–Trinajstić information content (AvgIpc) is 1.12. The third-order valence-corrected chi connectivity index (χ3v) is 0. The molecular weight excluding hydrogens is 167 g/mol. The Morgan fingerprint density at radius 3 is 1.10 bits per heavy atom. The molecule has 0 aromatic heterocycles. The maximum Gasteiger partial charge on any atom is 0.144 e. The average molecular weight is 184 g/mol. The van der Waals surface area contributed by atoms with E-state index in [-0.39, 0.29) is 0 Å². The monoisotopic (exact) mass is 184 g/mol. The van der Waals surface area contributed by atoms with E-state index in [1.165, 1.54) is 0 Å². The molecule has 0 saturated carbocycles. The minimum absolute atomic E-state index is 0.639. The Labute approximate surface area is 64.5 Å². The lowest BCUT2D eigenvalue weighted by atomic mass is 11.8. The van der Waals surface area contributed by atoms with Crippen LogP contribution in [0.5, 0.6) is 0 Å². The van der Waals surface area contributed by atoms with Crippen molar-refractivity contribution in [2.45, 2.75) is 0 Å². The Balaban J connectivity index is 0. The van der Waals surface area contributed by atoms with E-state index in [1.54, 1.807) is 0 Å². The molecule has 0 aliphatic heterocycles. The van der Waals surface area contributed by atoms with E-state index in [2.05, 4.69) is 26.3 Å². The second-order valence-corrected chi connectivity index (χ2v) is 10.3. The van der Waals surface area contributed by atoms with Crippen LogP contribution in [-0.2, 0) is 9.84 Å². The summed E-state index contributed by atoms with van der Waals surface area (Å²) in [7, 11) is -2.67. The smallest absolute Gasteiger partial charge is 0.144 e.